The Labute approximate surface area is 217 Å². The van der Waals surface area contributed by atoms with Crippen LogP contribution in [0.4, 0.5) is 10.1 Å². The van der Waals surface area contributed by atoms with Crippen LogP contribution in [0.2, 0.25) is 0 Å². The maximum absolute atomic E-state index is 13.9. The molecule has 0 spiro atoms. The van der Waals surface area contributed by atoms with Crippen molar-refractivity contribution in [2.75, 3.05) is 5.32 Å². The highest BCUT2D eigenvalue weighted by Gasteiger charge is 2.20. The van der Waals surface area contributed by atoms with E-state index in [1.54, 1.807) is 35.2 Å². The highest BCUT2D eigenvalue weighted by atomic mass is 79.9. The molecule has 3 N–H and O–H groups in total. The molecule has 4 rings (SSSR count). The molecule has 0 saturated heterocycles. The molecule has 0 saturated carbocycles. The van der Waals surface area contributed by atoms with E-state index < -0.39 is 5.82 Å². The van der Waals surface area contributed by atoms with Gasteiger partial charge in [0.25, 0.3) is 11.8 Å². The number of carbonyl (C=O) groups is 2. The van der Waals surface area contributed by atoms with E-state index in [1.165, 1.54) is 18.2 Å². The molecule has 4 aromatic carbocycles. The third kappa shape index (κ3) is 6.24. The van der Waals surface area contributed by atoms with Gasteiger partial charge in [-0.05, 0) is 69.0 Å². The second-order valence-electron chi connectivity index (χ2n) is 8.29. The summed E-state index contributed by atoms with van der Waals surface area (Å²) in [5.41, 5.74) is 9.74. The number of hydrogen-bond donors (Lipinski definition) is 2. The molecule has 182 valence electrons. The van der Waals surface area contributed by atoms with Gasteiger partial charge in [0.1, 0.15) is 5.82 Å². The minimum atomic E-state index is -0.480. The zero-order valence-electron chi connectivity index (χ0n) is 19.5. The zero-order valence-corrected chi connectivity index (χ0v) is 21.0. The van der Waals surface area contributed by atoms with Crippen LogP contribution in [-0.2, 0) is 19.6 Å². The summed E-state index contributed by atoms with van der Waals surface area (Å²) in [5, 5.41) is 2.96. The lowest BCUT2D eigenvalue weighted by molar-refractivity contribution is 0.0730. The molecule has 4 aromatic rings. The second-order valence-corrected chi connectivity index (χ2v) is 9.14. The summed E-state index contributed by atoms with van der Waals surface area (Å²) >= 11 is 3.42. The molecular formula is C29H25BrFN3O2. The fourth-order valence-electron chi connectivity index (χ4n) is 3.90. The molecule has 36 heavy (non-hydrogen) atoms. The number of nitrogens with two attached hydrogens (primary N) is 1. The van der Waals surface area contributed by atoms with Crippen molar-refractivity contribution >= 4 is 33.4 Å². The maximum Gasteiger partial charge on any atom is 0.256 e. The zero-order chi connectivity index (χ0) is 25.5. The predicted octanol–water partition coefficient (Wildman–Crippen LogP) is 6.14. The van der Waals surface area contributed by atoms with Crippen molar-refractivity contribution in [3.05, 3.63) is 135 Å². The van der Waals surface area contributed by atoms with Gasteiger partial charge >= 0.3 is 0 Å². The number of amides is 2. The first-order valence-corrected chi connectivity index (χ1v) is 12.2. The summed E-state index contributed by atoms with van der Waals surface area (Å²) in [6.45, 7) is 0.875. The monoisotopic (exact) mass is 545 g/mol. The molecular weight excluding hydrogens is 521 g/mol. The van der Waals surface area contributed by atoms with Crippen molar-refractivity contribution in [2.45, 2.75) is 19.6 Å². The van der Waals surface area contributed by atoms with Gasteiger partial charge in [0.2, 0.25) is 0 Å². The van der Waals surface area contributed by atoms with Crippen LogP contribution in [0.15, 0.2) is 102 Å². The normalized spacial score (nSPS) is 10.6. The van der Waals surface area contributed by atoms with Gasteiger partial charge in [-0.1, -0.05) is 60.7 Å². The number of anilines is 1. The molecule has 0 unspecified atom stereocenters. The van der Waals surface area contributed by atoms with Gasteiger partial charge in [0.05, 0.1) is 5.56 Å². The minimum Gasteiger partial charge on any atom is -0.330 e. The van der Waals surface area contributed by atoms with Crippen LogP contribution >= 0.6 is 15.9 Å². The summed E-state index contributed by atoms with van der Waals surface area (Å²) in [7, 11) is 0. The molecule has 0 aliphatic carbocycles. The Bertz CT molecular complexity index is 1390. The van der Waals surface area contributed by atoms with Gasteiger partial charge in [0, 0.05) is 35.4 Å². The van der Waals surface area contributed by atoms with Crippen molar-refractivity contribution in [1.82, 2.24) is 4.90 Å². The molecule has 0 aromatic heterocycles. The van der Waals surface area contributed by atoms with E-state index in [0.29, 0.717) is 22.3 Å². The number of hydrogen-bond acceptors (Lipinski definition) is 3. The second kappa shape index (κ2) is 11.7. The smallest absolute Gasteiger partial charge is 0.256 e. The summed E-state index contributed by atoms with van der Waals surface area (Å²) in [6.07, 6.45) is 0. The molecule has 0 radical (unpaired) electrons. The number of para-hydroxylation sites is 1. The fraction of sp³-hybridized carbons (Fsp3) is 0.103. The molecule has 0 heterocycles. The van der Waals surface area contributed by atoms with E-state index >= 15 is 0 Å². The minimum absolute atomic E-state index is 0.203. The SMILES string of the molecule is NCc1cccc(CN(Cc2ccccc2NC(=O)c2ccccc2Br)C(=O)c2cccc(F)c2)c1. The first kappa shape index (κ1) is 25.3. The summed E-state index contributed by atoms with van der Waals surface area (Å²) in [6, 6.07) is 27.8. The Hall–Kier alpha value is -3.81. The topological polar surface area (TPSA) is 75.4 Å². The van der Waals surface area contributed by atoms with Crippen molar-refractivity contribution in [3.8, 4) is 0 Å². The third-order valence-electron chi connectivity index (χ3n) is 5.70. The largest absolute Gasteiger partial charge is 0.330 e. The predicted molar refractivity (Wildman–Crippen MR) is 143 cm³/mol. The van der Waals surface area contributed by atoms with E-state index in [0.717, 1.165) is 16.7 Å². The van der Waals surface area contributed by atoms with Crippen molar-refractivity contribution < 1.29 is 14.0 Å². The van der Waals surface area contributed by atoms with Crippen molar-refractivity contribution in [2.24, 2.45) is 5.73 Å². The molecule has 0 aliphatic rings. The molecule has 0 bridgehead atoms. The quantitative estimate of drug-likeness (QED) is 0.279. The number of carbonyl (C=O) groups excluding carboxylic acids is 2. The third-order valence-corrected chi connectivity index (χ3v) is 6.40. The molecule has 5 nitrogen and oxygen atoms in total. The van der Waals surface area contributed by atoms with E-state index in [9.17, 15) is 14.0 Å². The number of nitrogens with zero attached hydrogens (tertiary/aromatic N) is 1. The van der Waals surface area contributed by atoms with Crippen LogP contribution in [0.1, 0.15) is 37.4 Å². The Balaban J connectivity index is 1.65. The molecule has 0 aliphatic heterocycles. The average Bonchev–Trinajstić information content (AvgIpc) is 2.89. The summed E-state index contributed by atoms with van der Waals surface area (Å²) < 4.78 is 14.6. The van der Waals surface area contributed by atoms with Crippen LogP contribution in [-0.4, -0.2) is 16.7 Å². The van der Waals surface area contributed by atoms with Crippen molar-refractivity contribution in [3.63, 3.8) is 0 Å². The van der Waals surface area contributed by atoms with Crippen molar-refractivity contribution in [1.29, 1.82) is 0 Å². The van der Waals surface area contributed by atoms with E-state index in [-0.39, 0.29) is 30.5 Å². The Morgan fingerprint density at radius 1 is 0.833 bits per heavy atom. The molecule has 2 amide bonds. The fourth-order valence-corrected chi connectivity index (χ4v) is 4.36. The van der Waals surface area contributed by atoms with Gasteiger partial charge < -0.3 is 16.0 Å². The number of rotatable bonds is 8. The molecule has 0 fully saturated rings. The Morgan fingerprint density at radius 3 is 2.33 bits per heavy atom. The highest BCUT2D eigenvalue weighted by Crippen LogP contribution is 2.23. The number of nitrogens with one attached hydrogen (secondary N) is 1. The van der Waals surface area contributed by atoms with E-state index in [2.05, 4.69) is 21.2 Å². The van der Waals surface area contributed by atoms with Crippen LogP contribution in [0.5, 0.6) is 0 Å². The Morgan fingerprint density at radius 2 is 1.56 bits per heavy atom. The maximum atomic E-state index is 13.9. The average molecular weight is 546 g/mol. The summed E-state index contributed by atoms with van der Waals surface area (Å²) in [5.74, 6) is -1.07. The highest BCUT2D eigenvalue weighted by molar-refractivity contribution is 9.10. The van der Waals surface area contributed by atoms with Crippen LogP contribution in [0.3, 0.4) is 0 Å². The van der Waals surface area contributed by atoms with E-state index in [1.807, 2.05) is 48.5 Å². The van der Waals surface area contributed by atoms with Gasteiger partial charge in [-0.15, -0.1) is 0 Å². The van der Waals surface area contributed by atoms with Gasteiger partial charge in [0.15, 0.2) is 0 Å². The van der Waals surface area contributed by atoms with Crippen LogP contribution < -0.4 is 11.1 Å². The number of benzene rings is 4. The van der Waals surface area contributed by atoms with Gasteiger partial charge in [-0.25, -0.2) is 4.39 Å². The standard InChI is InChI=1S/C29H25BrFN3O2/c30-26-13-3-2-12-25(26)28(35)33-27-14-4-1-9-23(27)19-34(18-21-8-5-7-20(15-21)17-32)29(36)22-10-6-11-24(31)16-22/h1-16H,17-19,32H2,(H,33,35). The van der Waals surface area contributed by atoms with Crippen LogP contribution in [0, 0.1) is 5.82 Å². The lowest BCUT2D eigenvalue weighted by atomic mass is 10.1. The summed E-state index contributed by atoms with van der Waals surface area (Å²) in [4.78, 5) is 28.1. The lowest BCUT2D eigenvalue weighted by Crippen LogP contribution is -2.30. The van der Waals surface area contributed by atoms with E-state index in [4.69, 9.17) is 5.73 Å². The first-order valence-electron chi connectivity index (χ1n) is 11.4. The van der Waals surface area contributed by atoms with Gasteiger partial charge in [-0.2, -0.15) is 0 Å². The van der Waals surface area contributed by atoms with Gasteiger partial charge in [-0.3, -0.25) is 9.59 Å². The molecule has 7 heteroatoms. The lowest BCUT2D eigenvalue weighted by Gasteiger charge is -2.25. The first-order chi connectivity index (χ1) is 17.4. The Kier molecular flexibility index (Phi) is 8.25. The number of halogens is 2. The molecule has 0 atom stereocenters. The van der Waals surface area contributed by atoms with Crippen LogP contribution in [0.25, 0.3) is 0 Å².